The molecule has 0 aliphatic carbocycles. The van der Waals surface area contributed by atoms with Crippen LogP contribution in [0.15, 0.2) is 77.9 Å². The monoisotopic (exact) mass is 435 g/mol. The van der Waals surface area contributed by atoms with Crippen LogP contribution < -0.4 is 15.5 Å². The van der Waals surface area contributed by atoms with E-state index in [4.69, 9.17) is 16.3 Å². The van der Waals surface area contributed by atoms with Gasteiger partial charge in [-0.3, -0.25) is 9.59 Å². The maximum atomic E-state index is 12.1. The second-order valence-electron chi connectivity index (χ2n) is 6.79. The quantitative estimate of drug-likeness (QED) is 0.371. The number of aryl methyl sites for hydroxylation is 1. The number of benzene rings is 3. The Morgan fingerprint density at radius 2 is 1.68 bits per heavy atom. The Morgan fingerprint density at radius 3 is 2.45 bits per heavy atom. The normalized spacial score (nSPS) is 10.6. The lowest BCUT2D eigenvalue weighted by atomic mass is 10.2. The Kier molecular flexibility index (Phi) is 7.79. The lowest BCUT2D eigenvalue weighted by Gasteiger charge is -2.08. The van der Waals surface area contributed by atoms with Gasteiger partial charge in [-0.15, -0.1) is 0 Å². The first-order valence-corrected chi connectivity index (χ1v) is 10.1. The van der Waals surface area contributed by atoms with Gasteiger partial charge in [0.15, 0.2) is 0 Å². The molecule has 3 aromatic carbocycles. The van der Waals surface area contributed by atoms with Gasteiger partial charge in [-0.1, -0.05) is 41.9 Å². The number of nitrogens with zero attached hydrogens (tertiary/aromatic N) is 1. The molecule has 3 aromatic rings. The highest BCUT2D eigenvalue weighted by molar-refractivity contribution is 6.30. The van der Waals surface area contributed by atoms with Gasteiger partial charge in [0, 0.05) is 23.6 Å². The zero-order valence-corrected chi connectivity index (χ0v) is 17.7. The largest absolute Gasteiger partial charge is 0.457 e. The van der Waals surface area contributed by atoms with Crippen LogP contribution >= 0.6 is 11.6 Å². The van der Waals surface area contributed by atoms with Gasteiger partial charge in [-0.25, -0.2) is 5.43 Å². The van der Waals surface area contributed by atoms with Crippen molar-refractivity contribution in [3.05, 3.63) is 88.9 Å². The molecule has 0 saturated heterocycles. The molecule has 6 nitrogen and oxygen atoms in total. The van der Waals surface area contributed by atoms with Crippen LogP contribution in [0, 0.1) is 6.92 Å². The number of ether oxygens (including phenoxy) is 1. The Morgan fingerprint density at radius 1 is 0.935 bits per heavy atom. The lowest BCUT2D eigenvalue weighted by molar-refractivity contribution is -0.124. The van der Waals surface area contributed by atoms with E-state index in [-0.39, 0.29) is 24.7 Å². The van der Waals surface area contributed by atoms with Crippen molar-refractivity contribution in [1.82, 2.24) is 5.43 Å². The Bertz CT molecular complexity index is 1080. The van der Waals surface area contributed by atoms with Crippen LogP contribution in [0.1, 0.15) is 24.0 Å². The van der Waals surface area contributed by atoms with Crippen LogP contribution in [-0.4, -0.2) is 18.0 Å². The molecule has 0 aromatic heterocycles. The number of rotatable bonds is 8. The molecule has 0 atom stereocenters. The van der Waals surface area contributed by atoms with Gasteiger partial charge >= 0.3 is 0 Å². The van der Waals surface area contributed by atoms with E-state index in [0.29, 0.717) is 16.5 Å². The van der Waals surface area contributed by atoms with Gasteiger partial charge in [0.25, 0.3) is 0 Å². The molecule has 31 heavy (non-hydrogen) atoms. The fraction of sp³-hybridized carbons (Fsp3) is 0.125. The average molecular weight is 436 g/mol. The molecule has 0 heterocycles. The van der Waals surface area contributed by atoms with Crippen molar-refractivity contribution in [2.45, 2.75) is 19.8 Å². The van der Waals surface area contributed by atoms with E-state index in [1.54, 1.807) is 18.2 Å². The third kappa shape index (κ3) is 7.28. The summed E-state index contributed by atoms with van der Waals surface area (Å²) in [6.45, 7) is 1.85. The van der Waals surface area contributed by atoms with Crippen molar-refractivity contribution < 1.29 is 14.3 Å². The Balaban J connectivity index is 1.45. The van der Waals surface area contributed by atoms with E-state index in [2.05, 4.69) is 15.8 Å². The Labute approximate surface area is 185 Å². The van der Waals surface area contributed by atoms with Crippen molar-refractivity contribution in [2.24, 2.45) is 5.10 Å². The number of amides is 2. The van der Waals surface area contributed by atoms with Crippen LogP contribution in [0.3, 0.4) is 0 Å². The van der Waals surface area contributed by atoms with Crippen LogP contribution in [0.25, 0.3) is 0 Å². The van der Waals surface area contributed by atoms with Crippen LogP contribution in [0.5, 0.6) is 11.5 Å². The van der Waals surface area contributed by atoms with Gasteiger partial charge in [0.2, 0.25) is 11.8 Å². The molecule has 0 bridgehead atoms. The molecule has 0 radical (unpaired) electrons. The minimum absolute atomic E-state index is 0.0208. The third-order valence-corrected chi connectivity index (χ3v) is 4.52. The fourth-order valence-electron chi connectivity index (χ4n) is 2.72. The number of hydrazone groups is 1. The van der Waals surface area contributed by atoms with Crippen LogP contribution in [0.4, 0.5) is 5.69 Å². The first kappa shape index (κ1) is 22.1. The predicted octanol–water partition coefficient (Wildman–Crippen LogP) is 5.31. The molecule has 0 saturated carbocycles. The summed E-state index contributed by atoms with van der Waals surface area (Å²) in [6.07, 6.45) is 1.59. The summed E-state index contributed by atoms with van der Waals surface area (Å²) in [7, 11) is 0. The maximum absolute atomic E-state index is 12.1. The highest BCUT2D eigenvalue weighted by atomic mass is 35.5. The van der Waals surface area contributed by atoms with E-state index in [0.717, 1.165) is 16.9 Å². The van der Waals surface area contributed by atoms with Gasteiger partial charge in [0.1, 0.15) is 11.5 Å². The minimum atomic E-state index is -0.351. The first-order chi connectivity index (χ1) is 15.0. The zero-order chi connectivity index (χ0) is 22.1. The number of para-hydroxylation sites is 1. The van der Waals surface area contributed by atoms with Crippen molar-refractivity contribution in [3.8, 4) is 11.5 Å². The molecular weight excluding hydrogens is 414 g/mol. The molecule has 2 N–H and O–H groups in total. The molecule has 3 rings (SSSR count). The highest BCUT2D eigenvalue weighted by Gasteiger charge is 2.08. The summed E-state index contributed by atoms with van der Waals surface area (Å²) < 4.78 is 5.77. The van der Waals surface area contributed by atoms with Gasteiger partial charge in [-0.05, 0) is 60.5 Å². The number of carbonyl (C=O) groups is 2. The highest BCUT2D eigenvalue weighted by Crippen LogP contribution is 2.21. The number of hydrogen-bond acceptors (Lipinski definition) is 4. The molecule has 0 fully saturated rings. The smallest absolute Gasteiger partial charge is 0.240 e. The molecule has 158 valence electrons. The first-order valence-electron chi connectivity index (χ1n) is 9.70. The van der Waals surface area contributed by atoms with E-state index < -0.39 is 0 Å². The van der Waals surface area contributed by atoms with Crippen molar-refractivity contribution in [2.75, 3.05) is 5.32 Å². The van der Waals surface area contributed by atoms with Crippen molar-refractivity contribution in [3.63, 3.8) is 0 Å². The third-order valence-electron chi connectivity index (χ3n) is 4.28. The number of halogens is 1. The summed E-state index contributed by atoms with van der Waals surface area (Å²) >= 11 is 5.91. The number of nitrogens with one attached hydrogen (secondary N) is 2. The maximum Gasteiger partial charge on any atom is 0.240 e. The van der Waals surface area contributed by atoms with Crippen molar-refractivity contribution >= 4 is 35.3 Å². The molecule has 0 unspecified atom stereocenters. The predicted molar refractivity (Wildman–Crippen MR) is 123 cm³/mol. The fourth-order valence-corrected chi connectivity index (χ4v) is 2.95. The number of anilines is 1. The SMILES string of the molecule is Cc1cc(Cl)ccc1NC(=O)CCC(=O)N/N=C\c1cccc(Oc2ccccc2)c1. The molecule has 7 heteroatoms. The topological polar surface area (TPSA) is 79.8 Å². The van der Waals surface area contributed by atoms with Gasteiger partial charge in [0.05, 0.1) is 6.21 Å². The second kappa shape index (κ2) is 10.9. The minimum Gasteiger partial charge on any atom is -0.457 e. The standard InChI is InChI=1S/C24H22ClN3O3/c1-17-14-19(25)10-11-22(17)27-23(29)12-13-24(30)28-26-16-18-6-5-9-21(15-18)31-20-7-3-2-4-8-20/h2-11,14-16H,12-13H2,1H3,(H,27,29)(H,28,30)/b26-16-. The van der Waals surface area contributed by atoms with E-state index >= 15 is 0 Å². The Hall–Kier alpha value is -3.64. The van der Waals surface area contributed by atoms with Crippen LogP contribution in [-0.2, 0) is 9.59 Å². The summed E-state index contributed by atoms with van der Waals surface area (Å²) in [6, 6.07) is 22.0. The molecule has 0 aliphatic heterocycles. The van der Waals surface area contributed by atoms with E-state index in [1.807, 2.05) is 61.5 Å². The average Bonchev–Trinajstić information content (AvgIpc) is 2.75. The van der Waals surface area contributed by atoms with Crippen LogP contribution in [0.2, 0.25) is 5.02 Å². The molecule has 2 amide bonds. The van der Waals surface area contributed by atoms with Gasteiger partial charge in [-0.2, -0.15) is 5.10 Å². The molecule has 0 spiro atoms. The van der Waals surface area contributed by atoms with E-state index in [1.165, 1.54) is 6.21 Å². The number of hydrogen-bond donors (Lipinski definition) is 2. The zero-order valence-electron chi connectivity index (χ0n) is 17.0. The summed E-state index contributed by atoms with van der Waals surface area (Å²) in [4.78, 5) is 24.0. The molecule has 0 aliphatic rings. The summed E-state index contributed by atoms with van der Waals surface area (Å²) in [5.41, 5.74) is 4.73. The van der Waals surface area contributed by atoms with Crippen molar-refractivity contribution in [1.29, 1.82) is 0 Å². The summed E-state index contributed by atoms with van der Waals surface area (Å²) in [5.74, 6) is 0.791. The summed E-state index contributed by atoms with van der Waals surface area (Å²) in [5, 5.41) is 7.32. The van der Waals surface area contributed by atoms with Gasteiger partial charge < -0.3 is 10.1 Å². The number of carbonyl (C=O) groups excluding carboxylic acids is 2. The lowest BCUT2D eigenvalue weighted by Crippen LogP contribution is -2.20. The van der Waals surface area contributed by atoms with E-state index in [9.17, 15) is 9.59 Å². The molecular formula is C24H22ClN3O3. The second-order valence-corrected chi connectivity index (χ2v) is 7.22.